The molecule has 0 saturated heterocycles. The van der Waals surface area contributed by atoms with Crippen LogP contribution in [-0.2, 0) is 0 Å². The Labute approximate surface area is 96.9 Å². The van der Waals surface area contributed by atoms with Crippen molar-refractivity contribution in [3.63, 3.8) is 0 Å². The van der Waals surface area contributed by atoms with Gasteiger partial charge in [0.05, 0.1) is 0 Å². The number of rotatable bonds is 4. The van der Waals surface area contributed by atoms with Crippen LogP contribution in [0.4, 0.5) is 11.6 Å². The molecular weight excluding hydrogens is 200 g/mol. The highest BCUT2D eigenvalue weighted by Crippen LogP contribution is 2.31. The zero-order valence-electron chi connectivity index (χ0n) is 10.2. The molecule has 1 aromatic heterocycles. The normalized spacial score (nSPS) is 17.7. The summed E-state index contributed by atoms with van der Waals surface area (Å²) in [4.78, 5) is 8.49. The summed E-state index contributed by atoms with van der Waals surface area (Å²) in [5, 5.41) is 6.57. The van der Waals surface area contributed by atoms with Gasteiger partial charge in [-0.25, -0.2) is 9.97 Å². The standard InChI is InChI=1S/C12H20N4/c1-8-11(13-3)14-7-15-12(8)16-9(2)10-5-4-6-10/h7,9-10H,4-6H2,1-3H3,(H2,13,14,15,16). The summed E-state index contributed by atoms with van der Waals surface area (Å²) in [5.41, 5.74) is 1.09. The molecule has 1 fully saturated rings. The van der Waals surface area contributed by atoms with Crippen LogP contribution < -0.4 is 10.6 Å². The second-order valence-corrected chi connectivity index (χ2v) is 4.57. The lowest BCUT2D eigenvalue weighted by Gasteiger charge is -2.32. The molecule has 0 bridgehead atoms. The fourth-order valence-electron chi connectivity index (χ4n) is 2.12. The molecule has 2 rings (SSSR count). The average Bonchev–Trinajstić information content (AvgIpc) is 2.18. The first kappa shape index (κ1) is 11.2. The number of anilines is 2. The largest absolute Gasteiger partial charge is 0.373 e. The maximum Gasteiger partial charge on any atom is 0.134 e. The summed E-state index contributed by atoms with van der Waals surface area (Å²) in [5.74, 6) is 2.67. The van der Waals surface area contributed by atoms with Gasteiger partial charge in [0.25, 0.3) is 0 Å². The van der Waals surface area contributed by atoms with Gasteiger partial charge in [-0.2, -0.15) is 0 Å². The molecule has 88 valence electrons. The van der Waals surface area contributed by atoms with Crippen molar-refractivity contribution in [1.29, 1.82) is 0 Å². The highest BCUT2D eigenvalue weighted by Gasteiger charge is 2.24. The number of hydrogen-bond acceptors (Lipinski definition) is 4. The number of nitrogens with one attached hydrogen (secondary N) is 2. The van der Waals surface area contributed by atoms with E-state index in [0.29, 0.717) is 6.04 Å². The molecule has 1 saturated carbocycles. The summed E-state index contributed by atoms with van der Waals surface area (Å²) in [6.07, 6.45) is 5.67. The molecule has 2 N–H and O–H groups in total. The first-order valence-electron chi connectivity index (χ1n) is 5.98. The van der Waals surface area contributed by atoms with Crippen molar-refractivity contribution in [1.82, 2.24) is 9.97 Å². The van der Waals surface area contributed by atoms with Crippen LogP contribution in [0.3, 0.4) is 0 Å². The molecule has 4 heteroatoms. The molecule has 0 spiro atoms. The first-order valence-corrected chi connectivity index (χ1v) is 5.98. The molecule has 16 heavy (non-hydrogen) atoms. The average molecular weight is 220 g/mol. The second-order valence-electron chi connectivity index (χ2n) is 4.57. The Morgan fingerprint density at radius 3 is 2.56 bits per heavy atom. The smallest absolute Gasteiger partial charge is 0.134 e. The van der Waals surface area contributed by atoms with Gasteiger partial charge in [0.2, 0.25) is 0 Å². The minimum Gasteiger partial charge on any atom is -0.373 e. The fourth-order valence-corrected chi connectivity index (χ4v) is 2.12. The minimum atomic E-state index is 0.507. The third-order valence-corrected chi connectivity index (χ3v) is 3.54. The quantitative estimate of drug-likeness (QED) is 0.818. The van der Waals surface area contributed by atoms with Gasteiger partial charge < -0.3 is 10.6 Å². The van der Waals surface area contributed by atoms with Crippen molar-refractivity contribution in [3.8, 4) is 0 Å². The van der Waals surface area contributed by atoms with Crippen LogP contribution in [0.25, 0.3) is 0 Å². The van der Waals surface area contributed by atoms with E-state index >= 15 is 0 Å². The maximum absolute atomic E-state index is 4.31. The van der Waals surface area contributed by atoms with E-state index in [-0.39, 0.29) is 0 Å². The molecule has 1 aromatic rings. The van der Waals surface area contributed by atoms with Crippen LogP contribution in [-0.4, -0.2) is 23.1 Å². The molecule has 1 atom stereocenters. The van der Waals surface area contributed by atoms with Gasteiger partial charge in [0.15, 0.2) is 0 Å². The highest BCUT2D eigenvalue weighted by molar-refractivity contribution is 5.56. The van der Waals surface area contributed by atoms with Crippen LogP contribution in [0.5, 0.6) is 0 Å². The predicted octanol–water partition coefficient (Wildman–Crippen LogP) is 2.43. The summed E-state index contributed by atoms with van der Waals surface area (Å²) in [6.45, 7) is 4.28. The van der Waals surface area contributed by atoms with Gasteiger partial charge in [-0.05, 0) is 32.6 Å². The molecule has 0 aromatic carbocycles. The summed E-state index contributed by atoms with van der Waals surface area (Å²) in [6, 6.07) is 0.507. The third kappa shape index (κ3) is 2.10. The fraction of sp³-hybridized carbons (Fsp3) is 0.667. The molecule has 0 radical (unpaired) electrons. The Kier molecular flexibility index (Phi) is 3.27. The van der Waals surface area contributed by atoms with Crippen molar-refractivity contribution in [3.05, 3.63) is 11.9 Å². The van der Waals surface area contributed by atoms with E-state index in [1.54, 1.807) is 6.33 Å². The Morgan fingerprint density at radius 2 is 2.00 bits per heavy atom. The van der Waals surface area contributed by atoms with E-state index in [2.05, 4.69) is 27.5 Å². The van der Waals surface area contributed by atoms with Gasteiger partial charge in [0.1, 0.15) is 18.0 Å². The van der Waals surface area contributed by atoms with Crippen molar-refractivity contribution < 1.29 is 0 Å². The Hall–Kier alpha value is -1.32. The van der Waals surface area contributed by atoms with Crippen LogP contribution in [0.2, 0.25) is 0 Å². The SMILES string of the molecule is CNc1ncnc(NC(C)C2CCC2)c1C. The van der Waals surface area contributed by atoms with Crippen LogP contribution >= 0.6 is 0 Å². The zero-order chi connectivity index (χ0) is 11.5. The van der Waals surface area contributed by atoms with E-state index in [4.69, 9.17) is 0 Å². The van der Waals surface area contributed by atoms with Gasteiger partial charge in [-0.15, -0.1) is 0 Å². The summed E-state index contributed by atoms with van der Waals surface area (Å²) >= 11 is 0. The molecule has 0 amide bonds. The molecule has 4 nitrogen and oxygen atoms in total. The van der Waals surface area contributed by atoms with Gasteiger partial charge in [-0.1, -0.05) is 6.42 Å². The first-order chi connectivity index (χ1) is 7.72. The summed E-state index contributed by atoms with van der Waals surface area (Å²) in [7, 11) is 1.88. The lowest BCUT2D eigenvalue weighted by atomic mass is 9.80. The van der Waals surface area contributed by atoms with Crippen LogP contribution in [0.1, 0.15) is 31.7 Å². The van der Waals surface area contributed by atoms with Crippen LogP contribution in [0, 0.1) is 12.8 Å². The molecule has 1 heterocycles. The molecule has 1 aliphatic rings. The van der Waals surface area contributed by atoms with E-state index in [1.807, 2.05) is 14.0 Å². The van der Waals surface area contributed by atoms with E-state index < -0.39 is 0 Å². The van der Waals surface area contributed by atoms with Crippen molar-refractivity contribution in [2.75, 3.05) is 17.7 Å². The van der Waals surface area contributed by atoms with E-state index in [9.17, 15) is 0 Å². The van der Waals surface area contributed by atoms with Crippen molar-refractivity contribution >= 4 is 11.6 Å². The molecule has 0 aliphatic heterocycles. The highest BCUT2D eigenvalue weighted by atomic mass is 15.1. The minimum absolute atomic E-state index is 0.507. The third-order valence-electron chi connectivity index (χ3n) is 3.54. The van der Waals surface area contributed by atoms with Crippen molar-refractivity contribution in [2.24, 2.45) is 5.92 Å². The lowest BCUT2D eigenvalue weighted by molar-refractivity contribution is 0.285. The number of hydrogen-bond donors (Lipinski definition) is 2. The molecule has 1 aliphatic carbocycles. The Bertz CT molecular complexity index is 360. The zero-order valence-corrected chi connectivity index (χ0v) is 10.2. The van der Waals surface area contributed by atoms with Gasteiger partial charge in [0, 0.05) is 18.7 Å². The van der Waals surface area contributed by atoms with Gasteiger partial charge >= 0.3 is 0 Å². The predicted molar refractivity (Wildman–Crippen MR) is 66.7 cm³/mol. The molecule has 1 unspecified atom stereocenters. The topological polar surface area (TPSA) is 49.8 Å². The van der Waals surface area contributed by atoms with E-state index in [0.717, 1.165) is 23.1 Å². The monoisotopic (exact) mass is 220 g/mol. The second kappa shape index (κ2) is 4.68. The van der Waals surface area contributed by atoms with Crippen molar-refractivity contribution in [2.45, 2.75) is 39.2 Å². The molecular formula is C12H20N4. The summed E-state index contributed by atoms with van der Waals surface area (Å²) < 4.78 is 0. The lowest BCUT2D eigenvalue weighted by Crippen LogP contribution is -2.31. The Balaban J connectivity index is 2.08. The van der Waals surface area contributed by atoms with E-state index in [1.165, 1.54) is 19.3 Å². The Morgan fingerprint density at radius 1 is 1.31 bits per heavy atom. The number of aromatic nitrogens is 2. The maximum atomic E-state index is 4.31. The van der Waals surface area contributed by atoms with Crippen LogP contribution in [0.15, 0.2) is 6.33 Å². The van der Waals surface area contributed by atoms with Gasteiger partial charge in [-0.3, -0.25) is 0 Å². The number of nitrogens with zero attached hydrogens (tertiary/aromatic N) is 2.